The third-order valence-corrected chi connectivity index (χ3v) is 3.43. The summed E-state index contributed by atoms with van der Waals surface area (Å²) in [5, 5.41) is 12.6. The highest BCUT2D eigenvalue weighted by atomic mass is 19.4. The van der Waals surface area contributed by atoms with Gasteiger partial charge in [-0.05, 0) is 12.1 Å². The molecule has 1 aromatic rings. The molecule has 0 radical (unpaired) electrons. The number of alkyl halides is 3. The molecule has 0 unspecified atom stereocenters. The van der Waals surface area contributed by atoms with Gasteiger partial charge in [0.25, 0.3) is 5.91 Å². The minimum atomic E-state index is -4.58. The molecule has 2 rings (SSSR count). The molecule has 4 nitrogen and oxygen atoms in total. The number of benzene rings is 1. The highest BCUT2D eigenvalue weighted by Crippen LogP contribution is 2.32. The molecule has 20 heavy (non-hydrogen) atoms. The average Bonchev–Trinajstić information content (AvgIpc) is 2.82. The van der Waals surface area contributed by atoms with Crippen LogP contribution in [0.3, 0.4) is 0 Å². The number of carbonyl (C=O) groups is 1. The van der Waals surface area contributed by atoms with E-state index in [-0.39, 0.29) is 0 Å². The van der Waals surface area contributed by atoms with Crippen molar-refractivity contribution in [3.8, 4) is 0 Å². The molecule has 1 aliphatic heterocycles. The maximum atomic E-state index is 12.9. The number of nitrogens with one attached hydrogen (secondary N) is 1. The van der Waals surface area contributed by atoms with Gasteiger partial charge in [0.05, 0.1) is 23.3 Å². The van der Waals surface area contributed by atoms with Gasteiger partial charge in [-0.15, -0.1) is 0 Å². The molecule has 7 heteroatoms. The van der Waals surface area contributed by atoms with E-state index in [1.165, 1.54) is 19.2 Å². The van der Waals surface area contributed by atoms with E-state index in [1.54, 1.807) is 0 Å². The average molecular weight is 288 g/mol. The third-order valence-electron chi connectivity index (χ3n) is 3.43. The fourth-order valence-corrected chi connectivity index (χ4v) is 2.30. The van der Waals surface area contributed by atoms with Crippen LogP contribution in [-0.2, 0) is 6.18 Å². The fraction of sp³-hybridized carbons (Fsp3) is 0.462. The Kier molecular flexibility index (Phi) is 4.01. The lowest BCUT2D eigenvalue weighted by Crippen LogP contribution is -2.44. The molecule has 0 spiro atoms. The first-order valence-corrected chi connectivity index (χ1v) is 6.14. The molecule has 1 fully saturated rings. The van der Waals surface area contributed by atoms with E-state index in [2.05, 4.69) is 5.32 Å². The number of hydrogen-bond acceptors (Lipinski definition) is 3. The summed E-state index contributed by atoms with van der Waals surface area (Å²) >= 11 is 0. The molecular formula is C13H15F3N2O2. The van der Waals surface area contributed by atoms with Crippen LogP contribution < -0.4 is 5.32 Å². The summed E-state index contributed by atoms with van der Waals surface area (Å²) in [4.78, 5) is 13.4. The van der Waals surface area contributed by atoms with Gasteiger partial charge in [-0.2, -0.15) is 13.2 Å². The van der Waals surface area contributed by atoms with Crippen molar-refractivity contribution < 1.29 is 23.1 Å². The first kappa shape index (κ1) is 14.8. The Morgan fingerprint density at radius 1 is 1.35 bits per heavy atom. The summed E-state index contributed by atoms with van der Waals surface area (Å²) < 4.78 is 38.7. The number of amides is 1. The summed E-state index contributed by atoms with van der Waals surface area (Å²) in [6.07, 6.45) is -5.36. The zero-order valence-corrected chi connectivity index (χ0v) is 10.8. The molecule has 0 bridgehead atoms. The predicted octanol–water partition coefficient (Wildman–Crippen LogP) is 1.11. The summed E-state index contributed by atoms with van der Waals surface area (Å²) in [7, 11) is 1.40. The molecule has 1 aromatic carbocycles. The lowest BCUT2D eigenvalue weighted by atomic mass is 10.0. The van der Waals surface area contributed by atoms with E-state index in [4.69, 9.17) is 0 Å². The molecule has 110 valence electrons. The SMILES string of the molecule is CN(C(=O)c1ccccc1C(F)(F)F)[C@H]1CNC[C@@H]1O. The zero-order chi connectivity index (χ0) is 14.9. The first-order valence-electron chi connectivity index (χ1n) is 6.14. The minimum absolute atomic E-state index is 0.323. The van der Waals surface area contributed by atoms with Crippen LogP contribution in [0.25, 0.3) is 0 Å². The fourth-order valence-electron chi connectivity index (χ4n) is 2.30. The van der Waals surface area contributed by atoms with E-state index in [1.807, 2.05) is 0 Å². The van der Waals surface area contributed by atoms with Crippen LogP contribution in [0, 0.1) is 0 Å². The van der Waals surface area contributed by atoms with Crippen molar-refractivity contribution in [1.29, 1.82) is 0 Å². The van der Waals surface area contributed by atoms with Crippen molar-refractivity contribution in [1.82, 2.24) is 10.2 Å². The summed E-state index contributed by atoms with van der Waals surface area (Å²) in [5.41, 5.74) is -1.36. The second-order valence-corrected chi connectivity index (χ2v) is 4.75. The van der Waals surface area contributed by atoms with Gasteiger partial charge in [0.2, 0.25) is 0 Å². The van der Waals surface area contributed by atoms with Gasteiger partial charge in [-0.25, -0.2) is 0 Å². The van der Waals surface area contributed by atoms with Crippen LogP contribution in [0.5, 0.6) is 0 Å². The Labute approximate surface area is 114 Å². The summed E-state index contributed by atoms with van der Waals surface area (Å²) in [6.45, 7) is 0.681. The van der Waals surface area contributed by atoms with Gasteiger partial charge >= 0.3 is 6.18 Å². The number of hydrogen-bond donors (Lipinski definition) is 2. The van der Waals surface area contributed by atoms with E-state index >= 15 is 0 Å². The molecule has 0 saturated carbocycles. The topological polar surface area (TPSA) is 52.6 Å². The normalized spacial score (nSPS) is 22.9. The third kappa shape index (κ3) is 2.78. The smallest absolute Gasteiger partial charge is 0.390 e. The summed E-state index contributed by atoms with van der Waals surface area (Å²) in [5.74, 6) is -0.745. The first-order chi connectivity index (χ1) is 9.32. The highest BCUT2D eigenvalue weighted by molar-refractivity contribution is 5.96. The van der Waals surface area contributed by atoms with Crippen LogP contribution in [0.4, 0.5) is 13.2 Å². The monoisotopic (exact) mass is 288 g/mol. The lowest BCUT2D eigenvalue weighted by molar-refractivity contribution is -0.138. The van der Waals surface area contributed by atoms with Crippen LogP contribution in [-0.4, -0.2) is 48.2 Å². The van der Waals surface area contributed by atoms with E-state index < -0.39 is 35.4 Å². The van der Waals surface area contributed by atoms with Crippen LogP contribution in [0.2, 0.25) is 0 Å². The molecule has 0 aliphatic carbocycles. The Balaban J connectivity index is 2.30. The standard InChI is InChI=1S/C13H15F3N2O2/c1-18(10-6-17-7-11(10)19)12(20)8-4-2-3-5-9(8)13(14,15)16/h2-5,10-11,17,19H,6-7H2,1H3/t10-,11-/m0/s1. The molecule has 2 N–H and O–H groups in total. The Bertz CT molecular complexity index is 505. The number of aliphatic hydroxyl groups excluding tert-OH is 1. The Morgan fingerprint density at radius 2 is 2.00 bits per heavy atom. The number of nitrogens with zero attached hydrogens (tertiary/aromatic N) is 1. The maximum Gasteiger partial charge on any atom is 0.417 e. The number of carbonyl (C=O) groups excluding carboxylic acids is 1. The molecule has 1 saturated heterocycles. The van der Waals surface area contributed by atoms with Gasteiger partial charge in [-0.1, -0.05) is 12.1 Å². The van der Waals surface area contributed by atoms with Crippen LogP contribution >= 0.6 is 0 Å². The highest BCUT2D eigenvalue weighted by Gasteiger charge is 2.38. The minimum Gasteiger partial charge on any atom is -0.390 e. The van der Waals surface area contributed by atoms with Gasteiger partial charge < -0.3 is 15.3 Å². The predicted molar refractivity (Wildman–Crippen MR) is 66.2 cm³/mol. The van der Waals surface area contributed by atoms with Crippen molar-refractivity contribution in [3.05, 3.63) is 35.4 Å². The molecule has 2 atom stereocenters. The second kappa shape index (κ2) is 5.41. The Hall–Kier alpha value is -1.60. The molecule has 1 amide bonds. The lowest BCUT2D eigenvalue weighted by Gasteiger charge is -2.27. The van der Waals surface area contributed by atoms with Crippen molar-refractivity contribution in [2.24, 2.45) is 0 Å². The van der Waals surface area contributed by atoms with Crippen molar-refractivity contribution >= 4 is 5.91 Å². The van der Waals surface area contributed by atoms with E-state index in [0.29, 0.717) is 13.1 Å². The van der Waals surface area contributed by atoms with Crippen molar-refractivity contribution in [2.75, 3.05) is 20.1 Å². The number of likely N-dealkylation sites (N-methyl/N-ethyl adjacent to an activating group) is 1. The van der Waals surface area contributed by atoms with Crippen LogP contribution in [0.15, 0.2) is 24.3 Å². The number of β-amino-alcohol motifs (C(OH)–C–C–N with tert-alkyl or cyclic N) is 1. The molecule has 0 aromatic heterocycles. The largest absolute Gasteiger partial charge is 0.417 e. The zero-order valence-electron chi connectivity index (χ0n) is 10.8. The maximum absolute atomic E-state index is 12.9. The van der Waals surface area contributed by atoms with Gasteiger partial charge in [0, 0.05) is 20.1 Å². The van der Waals surface area contributed by atoms with E-state index in [9.17, 15) is 23.1 Å². The quantitative estimate of drug-likeness (QED) is 0.857. The molecular weight excluding hydrogens is 273 g/mol. The summed E-state index contributed by atoms with van der Waals surface area (Å²) in [6, 6.07) is 4.13. The van der Waals surface area contributed by atoms with Gasteiger partial charge in [0.15, 0.2) is 0 Å². The number of halogens is 3. The number of rotatable bonds is 2. The van der Waals surface area contributed by atoms with Gasteiger partial charge in [0.1, 0.15) is 0 Å². The Morgan fingerprint density at radius 3 is 2.55 bits per heavy atom. The van der Waals surface area contributed by atoms with E-state index in [0.717, 1.165) is 17.0 Å². The van der Waals surface area contributed by atoms with Crippen molar-refractivity contribution in [3.63, 3.8) is 0 Å². The van der Waals surface area contributed by atoms with Crippen LogP contribution in [0.1, 0.15) is 15.9 Å². The van der Waals surface area contributed by atoms with Gasteiger partial charge in [-0.3, -0.25) is 4.79 Å². The number of aliphatic hydroxyl groups is 1. The van der Waals surface area contributed by atoms with Crippen molar-refractivity contribution in [2.45, 2.75) is 18.3 Å². The molecule has 1 aliphatic rings. The molecule has 1 heterocycles. The second-order valence-electron chi connectivity index (χ2n) is 4.75.